The van der Waals surface area contributed by atoms with Crippen molar-refractivity contribution in [1.29, 1.82) is 0 Å². The minimum atomic E-state index is -0.361. The van der Waals surface area contributed by atoms with Gasteiger partial charge in [0, 0.05) is 5.69 Å². The molecule has 3 aromatic rings. The lowest BCUT2D eigenvalue weighted by Crippen LogP contribution is -2.19. The molecule has 0 unspecified atom stereocenters. The number of urea groups is 1. The van der Waals surface area contributed by atoms with Gasteiger partial charge in [-0.25, -0.2) is 4.79 Å². The Bertz CT molecular complexity index is 820. The Morgan fingerprint density at radius 1 is 0.750 bits per heavy atom. The molecule has 0 heterocycles. The van der Waals surface area contributed by atoms with Crippen LogP contribution in [0.4, 0.5) is 16.2 Å². The third-order valence-electron chi connectivity index (χ3n) is 3.21. The predicted molar refractivity (Wildman–Crippen MR) is 97.1 cm³/mol. The van der Waals surface area contributed by atoms with Gasteiger partial charge in [-0.3, -0.25) is 0 Å². The van der Waals surface area contributed by atoms with E-state index in [0.717, 1.165) is 5.75 Å². The van der Waals surface area contributed by atoms with Gasteiger partial charge >= 0.3 is 6.03 Å². The average Bonchev–Trinajstić information content (AvgIpc) is 2.60. The number of benzene rings is 3. The second kappa shape index (κ2) is 7.53. The van der Waals surface area contributed by atoms with E-state index in [2.05, 4.69) is 10.6 Å². The van der Waals surface area contributed by atoms with Crippen LogP contribution in [0.3, 0.4) is 0 Å². The molecule has 0 spiro atoms. The maximum Gasteiger partial charge on any atom is 0.323 e. The molecule has 0 saturated heterocycles. The Morgan fingerprint density at radius 3 is 2.08 bits per heavy atom. The molecule has 0 fully saturated rings. The van der Waals surface area contributed by atoms with Crippen LogP contribution in [-0.4, -0.2) is 6.03 Å². The summed E-state index contributed by atoms with van der Waals surface area (Å²) >= 11 is 6.01. The number of hydrogen-bond acceptors (Lipinski definition) is 2. The van der Waals surface area contributed by atoms with Gasteiger partial charge in [0.15, 0.2) is 0 Å². The van der Waals surface area contributed by atoms with Crippen LogP contribution in [0, 0.1) is 0 Å². The molecule has 0 aliphatic rings. The van der Waals surface area contributed by atoms with E-state index in [0.29, 0.717) is 22.1 Å². The largest absolute Gasteiger partial charge is 0.457 e. The fourth-order valence-electron chi connectivity index (χ4n) is 2.08. The van der Waals surface area contributed by atoms with Gasteiger partial charge in [-0.2, -0.15) is 0 Å². The van der Waals surface area contributed by atoms with Crippen LogP contribution >= 0.6 is 11.6 Å². The quantitative estimate of drug-likeness (QED) is 0.633. The first-order valence-corrected chi connectivity index (χ1v) is 7.74. The number of anilines is 2. The first-order valence-electron chi connectivity index (χ1n) is 7.36. The summed E-state index contributed by atoms with van der Waals surface area (Å²) in [5.41, 5.74) is 1.21. The standard InChI is InChI=1S/C19H15ClN2O2/c20-17-8-4-5-9-18(17)22-19(23)21-14-10-12-16(13-11-14)24-15-6-2-1-3-7-15/h1-13H,(H2,21,22,23). The zero-order chi connectivity index (χ0) is 16.8. The van der Waals surface area contributed by atoms with Crippen molar-refractivity contribution in [2.24, 2.45) is 0 Å². The number of rotatable bonds is 4. The van der Waals surface area contributed by atoms with Crippen molar-refractivity contribution in [3.05, 3.63) is 83.9 Å². The lowest BCUT2D eigenvalue weighted by molar-refractivity contribution is 0.262. The van der Waals surface area contributed by atoms with E-state index in [1.54, 1.807) is 48.5 Å². The van der Waals surface area contributed by atoms with Crippen molar-refractivity contribution in [2.45, 2.75) is 0 Å². The Labute approximate surface area is 145 Å². The SMILES string of the molecule is O=C(Nc1ccc(Oc2ccccc2)cc1)Nc1ccccc1Cl. The number of carbonyl (C=O) groups is 1. The van der Waals surface area contributed by atoms with Crippen LogP contribution in [0.5, 0.6) is 11.5 Å². The molecule has 3 rings (SSSR count). The van der Waals surface area contributed by atoms with Crippen molar-refractivity contribution in [2.75, 3.05) is 10.6 Å². The monoisotopic (exact) mass is 338 g/mol. The third kappa shape index (κ3) is 4.27. The Morgan fingerprint density at radius 2 is 1.38 bits per heavy atom. The fourth-order valence-corrected chi connectivity index (χ4v) is 2.26. The summed E-state index contributed by atoms with van der Waals surface area (Å²) < 4.78 is 5.70. The number of amides is 2. The van der Waals surface area contributed by atoms with Crippen LogP contribution in [0.1, 0.15) is 0 Å². The summed E-state index contributed by atoms with van der Waals surface area (Å²) in [6, 6.07) is 23.3. The molecule has 3 aromatic carbocycles. The van der Waals surface area contributed by atoms with Gasteiger partial charge in [0.25, 0.3) is 0 Å². The van der Waals surface area contributed by atoms with Crippen molar-refractivity contribution in [1.82, 2.24) is 0 Å². The molecule has 0 aliphatic carbocycles. The topological polar surface area (TPSA) is 50.4 Å². The first-order chi connectivity index (χ1) is 11.7. The van der Waals surface area contributed by atoms with Crippen molar-refractivity contribution in [3.8, 4) is 11.5 Å². The lowest BCUT2D eigenvalue weighted by Gasteiger charge is -2.10. The van der Waals surface area contributed by atoms with Gasteiger partial charge in [-0.05, 0) is 48.5 Å². The van der Waals surface area contributed by atoms with E-state index >= 15 is 0 Å². The normalized spacial score (nSPS) is 10.0. The van der Waals surface area contributed by atoms with E-state index in [1.807, 2.05) is 30.3 Å². The molecule has 24 heavy (non-hydrogen) atoms. The van der Waals surface area contributed by atoms with E-state index < -0.39 is 0 Å². The molecule has 0 radical (unpaired) electrons. The van der Waals surface area contributed by atoms with Gasteiger partial charge in [-0.15, -0.1) is 0 Å². The molecule has 0 atom stereocenters. The van der Waals surface area contributed by atoms with E-state index in [9.17, 15) is 4.79 Å². The van der Waals surface area contributed by atoms with Gasteiger partial charge in [-0.1, -0.05) is 41.9 Å². The second-order valence-electron chi connectivity index (χ2n) is 5.00. The molecule has 120 valence electrons. The van der Waals surface area contributed by atoms with Crippen LogP contribution in [0.15, 0.2) is 78.9 Å². The van der Waals surface area contributed by atoms with Gasteiger partial charge in [0.05, 0.1) is 10.7 Å². The lowest BCUT2D eigenvalue weighted by atomic mass is 10.3. The number of halogens is 1. The third-order valence-corrected chi connectivity index (χ3v) is 3.54. The molecular formula is C19H15ClN2O2. The molecule has 0 bridgehead atoms. The second-order valence-corrected chi connectivity index (χ2v) is 5.41. The summed E-state index contributed by atoms with van der Waals surface area (Å²) in [6.45, 7) is 0. The average molecular weight is 339 g/mol. The summed E-state index contributed by atoms with van der Waals surface area (Å²) in [6.07, 6.45) is 0. The first kappa shape index (κ1) is 15.9. The van der Waals surface area contributed by atoms with Gasteiger partial charge < -0.3 is 15.4 Å². The van der Waals surface area contributed by atoms with E-state index in [-0.39, 0.29) is 6.03 Å². The maximum absolute atomic E-state index is 12.0. The Balaban J connectivity index is 1.60. The summed E-state index contributed by atoms with van der Waals surface area (Å²) in [5.74, 6) is 1.45. The minimum Gasteiger partial charge on any atom is -0.457 e. The van der Waals surface area contributed by atoms with E-state index in [4.69, 9.17) is 16.3 Å². The minimum absolute atomic E-state index is 0.361. The van der Waals surface area contributed by atoms with Gasteiger partial charge in [0.1, 0.15) is 11.5 Å². The summed E-state index contributed by atoms with van der Waals surface area (Å²) in [5, 5.41) is 5.93. The van der Waals surface area contributed by atoms with Crippen LogP contribution in [0.2, 0.25) is 5.02 Å². The Kier molecular flexibility index (Phi) is 4.99. The Hall–Kier alpha value is -2.98. The number of hydrogen-bond donors (Lipinski definition) is 2. The molecule has 0 aliphatic heterocycles. The van der Waals surface area contributed by atoms with Crippen LogP contribution < -0.4 is 15.4 Å². The zero-order valence-corrected chi connectivity index (χ0v) is 13.5. The molecule has 2 N–H and O–H groups in total. The molecule has 2 amide bonds. The highest BCUT2D eigenvalue weighted by atomic mass is 35.5. The highest BCUT2D eigenvalue weighted by Crippen LogP contribution is 2.23. The maximum atomic E-state index is 12.0. The number of carbonyl (C=O) groups excluding carboxylic acids is 1. The highest BCUT2D eigenvalue weighted by Gasteiger charge is 2.05. The molecule has 0 aromatic heterocycles. The summed E-state index contributed by atoms with van der Waals surface area (Å²) in [7, 11) is 0. The number of nitrogens with one attached hydrogen (secondary N) is 2. The molecule has 0 saturated carbocycles. The summed E-state index contributed by atoms with van der Waals surface area (Å²) in [4.78, 5) is 12.0. The van der Waals surface area contributed by atoms with Crippen LogP contribution in [0.25, 0.3) is 0 Å². The smallest absolute Gasteiger partial charge is 0.323 e. The van der Waals surface area contributed by atoms with Crippen LogP contribution in [-0.2, 0) is 0 Å². The number of para-hydroxylation sites is 2. The predicted octanol–water partition coefficient (Wildman–Crippen LogP) is 5.78. The van der Waals surface area contributed by atoms with E-state index in [1.165, 1.54) is 0 Å². The molecular weight excluding hydrogens is 324 g/mol. The van der Waals surface area contributed by atoms with Gasteiger partial charge in [0.2, 0.25) is 0 Å². The molecule has 5 heteroatoms. The fraction of sp³-hybridized carbons (Fsp3) is 0. The zero-order valence-electron chi connectivity index (χ0n) is 12.7. The van der Waals surface area contributed by atoms with Crippen molar-refractivity contribution < 1.29 is 9.53 Å². The number of ether oxygens (including phenoxy) is 1. The van der Waals surface area contributed by atoms with Crippen molar-refractivity contribution in [3.63, 3.8) is 0 Å². The highest BCUT2D eigenvalue weighted by molar-refractivity contribution is 6.33. The molecule has 4 nitrogen and oxygen atoms in total. The van der Waals surface area contributed by atoms with Crippen molar-refractivity contribution >= 4 is 29.0 Å².